The number of carbonyl (C=O) groups excluding carboxylic acids is 4. The molecule has 1 radical (unpaired) electrons. The minimum atomic E-state index is -0.674. The molecule has 0 unspecified atom stereocenters. The maximum Gasteiger partial charge on any atom is 0.320 e. The number of hydrogen-bond donors (Lipinski definition) is 1. The number of carbonyl (C=O) groups is 4. The van der Waals surface area contributed by atoms with Crippen LogP contribution < -0.4 is 5.32 Å². The van der Waals surface area contributed by atoms with E-state index in [-0.39, 0.29) is 39.3 Å². The predicted octanol–water partition coefficient (Wildman–Crippen LogP) is 3.53. The van der Waals surface area contributed by atoms with E-state index in [0.29, 0.717) is 11.7 Å². The highest BCUT2D eigenvalue weighted by Gasteiger charge is 2.28. The van der Waals surface area contributed by atoms with Crippen LogP contribution in [0, 0.1) is 6.04 Å². The summed E-state index contributed by atoms with van der Waals surface area (Å²) in [4.78, 5) is 53.8. The lowest BCUT2D eigenvalue weighted by Crippen LogP contribution is -2.45. The lowest BCUT2D eigenvalue weighted by Gasteiger charge is -2.31. The van der Waals surface area contributed by atoms with Gasteiger partial charge in [0.05, 0.1) is 32.2 Å². The molecule has 1 rings (SSSR count). The Morgan fingerprint density at radius 1 is 0.571 bits per heavy atom. The number of nitrogens with one attached hydrogen (secondary N) is 1. The SMILES string of the molecule is CC(C)(C)OC(=O)CN(C[C]1C=CC=C(CN(CC(=O)OC(C)(C)C)CC(=O)OC(C)(C)C)N1)CC(=O)OC(C)(C)C. The number of esters is 4. The molecule has 1 aliphatic rings. The van der Waals surface area contributed by atoms with Gasteiger partial charge in [-0.15, -0.1) is 0 Å². The first-order valence-corrected chi connectivity index (χ1v) is 14.2. The molecule has 1 aliphatic heterocycles. The van der Waals surface area contributed by atoms with Crippen molar-refractivity contribution in [3.63, 3.8) is 0 Å². The topological polar surface area (TPSA) is 124 Å². The van der Waals surface area contributed by atoms with Crippen LogP contribution in [0.1, 0.15) is 83.1 Å². The van der Waals surface area contributed by atoms with Gasteiger partial charge in [0.15, 0.2) is 0 Å². The predicted molar refractivity (Wildman–Crippen MR) is 160 cm³/mol. The average molecular weight is 595 g/mol. The van der Waals surface area contributed by atoms with Gasteiger partial charge in [-0.2, -0.15) is 0 Å². The van der Waals surface area contributed by atoms with Crippen molar-refractivity contribution in [1.82, 2.24) is 15.1 Å². The minimum absolute atomic E-state index is 0.127. The molecule has 0 spiro atoms. The number of allylic oxidation sites excluding steroid dienone is 2. The summed E-state index contributed by atoms with van der Waals surface area (Å²) in [5.74, 6) is -1.88. The summed E-state index contributed by atoms with van der Waals surface area (Å²) in [7, 11) is 0. The standard InChI is InChI=1S/C31H52N3O8/c1-28(2,3)39-24(35)18-33(19-25(36)40-29(4,5)6)16-22-14-13-15-23(32-22)17-34(20-26(37)41-30(7,8)9)21-27(38)42-31(10,11)12/h13-15,32H,16-21H2,1-12H3. The molecular weight excluding hydrogens is 542 g/mol. The molecule has 0 aromatic rings. The number of rotatable bonds is 12. The van der Waals surface area contributed by atoms with Crippen LogP contribution in [0.2, 0.25) is 0 Å². The van der Waals surface area contributed by atoms with Crippen molar-refractivity contribution in [3.05, 3.63) is 30.0 Å². The number of nitrogens with zero attached hydrogens (tertiary/aromatic N) is 2. The Labute approximate surface area is 251 Å². The first-order valence-electron chi connectivity index (χ1n) is 14.2. The van der Waals surface area contributed by atoms with E-state index in [4.69, 9.17) is 18.9 Å². The highest BCUT2D eigenvalue weighted by Crippen LogP contribution is 2.16. The minimum Gasteiger partial charge on any atom is -0.459 e. The molecule has 0 aromatic heterocycles. The van der Waals surface area contributed by atoms with E-state index in [1.807, 2.05) is 18.2 Å². The van der Waals surface area contributed by atoms with E-state index >= 15 is 0 Å². The van der Waals surface area contributed by atoms with Crippen molar-refractivity contribution in [1.29, 1.82) is 0 Å². The van der Waals surface area contributed by atoms with Gasteiger partial charge in [-0.05, 0) is 89.2 Å². The lowest BCUT2D eigenvalue weighted by atomic mass is 10.1. The first kappa shape index (κ1) is 37.1. The number of hydrogen-bond acceptors (Lipinski definition) is 11. The first-order chi connectivity index (χ1) is 18.9. The van der Waals surface area contributed by atoms with Gasteiger partial charge < -0.3 is 24.3 Å². The lowest BCUT2D eigenvalue weighted by molar-refractivity contribution is -0.161. The zero-order valence-corrected chi connectivity index (χ0v) is 27.6. The van der Waals surface area contributed by atoms with E-state index in [9.17, 15) is 19.2 Å². The Hall–Kier alpha value is -2.92. The van der Waals surface area contributed by atoms with Gasteiger partial charge >= 0.3 is 23.9 Å². The fraction of sp³-hybridized carbons (Fsp3) is 0.710. The summed E-state index contributed by atoms with van der Waals surface area (Å²) >= 11 is 0. The van der Waals surface area contributed by atoms with E-state index in [1.54, 1.807) is 92.9 Å². The van der Waals surface area contributed by atoms with Crippen LogP contribution in [-0.4, -0.2) is 95.3 Å². The van der Waals surface area contributed by atoms with Gasteiger partial charge in [0, 0.05) is 18.8 Å². The summed E-state index contributed by atoms with van der Waals surface area (Å²) in [6.45, 7) is 21.3. The number of dihydropyridines is 1. The molecule has 239 valence electrons. The molecule has 11 nitrogen and oxygen atoms in total. The van der Waals surface area contributed by atoms with Crippen LogP contribution in [0.25, 0.3) is 0 Å². The van der Waals surface area contributed by atoms with Crippen molar-refractivity contribution >= 4 is 23.9 Å². The van der Waals surface area contributed by atoms with E-state index < -0.39 is 46.3 Å². The second-order valence-electron chi connectivity index (χ2n) is 14.3. The zero-order valence-electron chi connectivity index (χ0n) is 27.6. The molecule has 11 heteroatoms. The second kappa shape index (κ2) is 15.0. The quantitative estimate of drug-likeness (QED) is 0.264. The van der Waals surface area contributed by atoms with Gasteiger partial charge in [0.25, 0.3) is 0 Å². The smallest absolute Gasteiger partial charge is 0.320 e. The van der Waals surface area contributed by atoms with Crippen LogP contribution in [0.3, 0.4) is 0 Å². The Balaban J connectivity index is 3.01. The van der Waals surface area contributed by atoms with Gasteiger partial charge in [-0.3, -0.25) is 29.0 Å². The third kappa shape index (κ3) is 18.5. The second-order valence-corrected chi connectivity index (χ2v) is 14.3. The Kier molecular flexibility index (Phi) is 13.3. The highest BCUT2D eigenvalue weighted by molar-refractivity contribution is 5.76. The van der Waals surface area contributed by atoms with Crippen LogP contribution in [0.4, 0.5) is 0 Å². The zero-order chi connectivity index (χ0) is 32.5. The van der Waals surface area contributed by atoms with Crippen molar-refractivity contribution in [2.24, 2.45) is 0 Å². The largest absolute Gasteiger partial charge is 0.459 e. The molecule has 0 bridgehead atoms. The molecule has 1 N–H and O–H groups in total. The van der Waals surface area contributed by atoms with Crippen molar-refractivity contribution < 1.29 is 38.1 Å². The van der Waals surface area contributed by atoms with Crippen LogP contribution in [0.15, 0.2) is 23.9 Å². The Morgan fingerprint density at radius 3 is 1.19 bits per heavy atom. The Morgan fingerprint density at radius 2 is 0.881 bits per heavy atom. The number of ether oxygens (including phenoxy) is 4. The summed E-state index contributed by atoms with van der Waals surface area (Å²) in [6.07, 6.45) is 5.47. The van der Waals surface area contributed by atoms with Crippen molar-refractivity contribution in [3.8, 4) is 0 Å². The van der Waals surface area contributed by atoms with E-state index in [2.05, 4.69) is 5.32 Å². The third-order valence-electron chi connectivity index (χ3n) is 4.79. The fourth-order valence-corrected chi connectivity index (χ4v) is 3.80. The molecule has 42 heavy (non-hydrogen) atoms. The van der Waals surface area contributed by atoms with Crippen molar-refractivity contribution in [2.45, 2.75) is 105 Å². The Bertz CT molecular complexity index is 947. The molecule has 0 amide bonds. The van der Waals surface area contributed by atoms with Gasteiger partial charge in [-0.1, -0.05) is 12.2 Å². The molecular formula is C31H52N3O8. The van der Waals surface area contributed by atoms with Gasteiger partial charge in [0.2, 0.25) is 0 Å². The van der Waals surface area contributed by atoms with Gasteiger partial charge in [0.1, 0.15) is 22.4 Å². The maximum absolute atomic E-state index is 12.6. The molecule has 1 heterocycles. The van der Waals surface area contributed by atoms with Crippen molar-refractivity contribution in [2.75, 3.05) is 39.3 Å². The average Bonchev–Trinajstić information content (AvgIpc) is 2.67. The van der Waals surface area contributed by atoms with Crippen LogP contribution in [0.5, 0.6) is 0 Å². The van der Waals surface area contributed by atoms with Crippen LogP contribution in [-0.2, 0) is 38.1 Å². The van der Waals surface area contributed by atoms with E-state index in [1.165, 1.54) is 0 Å². The summed E-state index contributed by atoms with van der Waals surface area (Å²) in [5.41, 5.74) is -1.99. The van der Waals surface area contributed by atoms with E-state index in [0.717, 1.165) is 0 Å². The summed E-state index contributed by atoms with van der Waals surface area (Å²) in [6, 6.07) is 0.703. The molecule has 0 saturated carbocycles. The normalized spacial score (nSPS) is 14.8. The fourth-order valence-electron chi connectivity index (χ4n) is 3.80. The molecule has 0 atom stereocenters. The molecule has 0 saturated heterocycles. The molecule has 0 fully saturated rings. The molecule has 0 aliphatic carbocycles. The summed E-state index contributed by atoms with van der Waals surface area (Å²) in [5, 5.41) is 3.30. The van der Waals surface area contributed by atoms with Crippen LogP contribution >= 0.6 is 0 Å². The summed E-state index contributed by atoms with van der Waals surface area (Å²) < 4.78 is 21.9. The maximum atomic E-state index is 12.6. The monoisotopic (exact) mass is 594 g/mol. The molecule has 0 aromatic carbocycles. The van der Waals surface area contributed by atoms with Gasteiger partial charge in [-0.25, -0.2) is 0 Å². The highest BCUT2D eigenvalue weighted by atomic mass is 16.6. The third-order valence-corrected chi connectivity index (χ3v) is 4.79.